The van der Waals surface area contributed by atoms with Gasteiger partial charge in [0.1, 0.15) is 0 Å². The Balaban J connectivity index is 1.34. The van der Waals surface area contributed by atoms with Crippen LogP contribution in [-0.2, 0) is 24.1 Å². The zero-order chi connectivity index (χ0) is 18.6. The first-order valence-electron chi connectivity index (χ1n) is 9.03. The van der Waals surface area contributed by atoms with Gasteiger partial charge in [-0.1, -0.05) is 24.3 Å². The fourth-order valence-corrected chi connectivity index (χ4v) is 3.98. The summed E-state index contributed by atoms with van der Waals surface area (Å²) in [7, 11) is 0. The van der Waals surface area contributed by atoms with Crippen molar-refractivity contribution in [2.24, 2.45) is 0 Å². The van der Waals surface area contributed by atoms with Gasteiger partial charge in [0.15, 0.2) is 0 Å². The SMILES string of the molecule is O=C(Cc1ccc2c(c1)CCC2)Nc1ccc(NC(=O)c2cccs2)cc1. The number of fused-ring (bicyclic) bond motifs is 1. The van der Waals surface area contributed by atoms with Crippen molar-refractivity contribution >= 4 is 34.5 Å². The molecule has 0 spiro atoms. The largest absolute Gasteiger partial charge is 0.326 e. The van der Waals surface area contributed by atoms with Crippen molar-refractivity contribution in [3.8, 4) is 0 Å². The monoisotopic (exact) mass is 376 g/mol. The van der Waals surface area contributed by atoms with Gasteiger partial charge >= 0.3 is 0 Å². The van der Waals surface area contributed by atoms with E-state index in [1.807, 2.05) is 17.5 Å². The van der Waals surface area contributed by atoms with Crippen LogP contribution in [0.25, 0.3) is 0 Å². The maximum Gasteiger partial charge on any atom is 0.265 e. The number of hydrogen-bond donors (Lipinski definition) is 2. The van der Waals surface area contributed by atoms with Gasteiger partial charge in [0.05, 0.1) is 11.3 Å². The molecule has 0 bridgehead atoms. The highest BCUT2D eigenvalue weighted by Gasteiger charge is 2.12. The van der Waals surface area contributed by atoms with Crippen LogP contribution in [0.15, 0.2) is 60.0 Å². The number of anilines is 2. The molecule has 136 valence electrons. The standard InChI is InChI=1S/C22H20N2O2S/c25-21(14-15-6-7-16-3-1-4-17(16)13-15)23-18-8-10-19(11-9-18)24-22(26)20-5-2-12-27-20/h2,5-13H,1,3-4,14H2,(H,23,25)(H,24,26). The van der Waals surface area contributed by atoms with E-state index in [1.54, 1.807) is 30.3 Å². The zero-order valence-corrected chi connectivity index (χ0v) is 15.6. The summed E-state index contributed by atoms with van der Waals surface area (Å²) in [6.45, 7) is 0. The van der Waals surface area contributed by atoms with Gasteiger partial charge in [0.25, 0.3) is 5.91 Å². The lowest BCUT2D eigenvalue weighted by molar-refractivity contribution is -0.115. The number of thiophene rings is 1. The number of hydrogen-bond acceptors (Lipinski definition) is 3. The highest BCUT2D eigenvalue weighted by atomic mass is 32.1. The Morgan fingerprint density at radius 1 is 0.889 bits per heavy atom. The first-order valence-corrected chi connectivity index (χ1v) is 9.91. The van der Waals surface area contributed by atoms with Gasteiger partial charge in [-0.3, -0.25) is 9.59 Å². The smallest absolute Gasteiger partial charge is 0.265 e. The molecule has 1 heterocycles. The van der Waals surface area contributed by atoms with E-state index in [1.165, 1.54) is 28.9 Å². The third kappa shape index (κ3) is 4.26. The van der Waals surface area contributed by atoms with Crippen LogP contribution in [0, 0.1) is 0 Å². The zero-order valence-electron chi connectivity index (χ0n) is 14.8. The van der Waals surface area contributed by atoms with E-state index >= 15 is 0 Å². The Kier molecular flexibility index (Phi) is 5.03. The van der Waals surface area contributed by atoms with E-state index in [4.69, 9.17) is 0 Å². The summed E-state index contributed by atoms with van der Waals surface area (Å²) in [6.07, 6.45) is 3.84. The fraction of sp³-hybridized carbons (Fsp3) is 0.182. The lowest BCUT2D eigenvalue weighted by Gasteiger charge is -2.08. The normalized spacial score (nSPS) is 12.4. The maximum absolute atomic E-state index is 12.3. The molecule has 2 N–H and O–H groups in total. The molecule has 27 heavy (non-hydrogen) atoms. The summed E-state index contributed by atoms with van der Waals surface area (Å²) in [5.41, 5.74) is 5.26. The minimum Gasteiger partial charge on any atom is -0.326 e. The molecule has 1 aromatic heterocycles. The van der Waals surface area contributed by atoms with Crippen molar-refractivity contribution in [3.05, 3.63) is 81.5 Å². The van der Waals surface area contributed by atoms with Gasteiger partial charge in [-0.2, -0.15) is 0 Å². The molecule has 0 unspecified atom stereocenters. The van der Waals surface area contributed by atoms with Crippen molar-refractivity contribution in [2.45, 2.75) is 25.7 Å². The average molecular weight is 376 g/mol. The molecule has 0 saturated carbocycles. The Bertz CT molecular complexity index is 962. The van der Waals surface area contributed by atoms with Crippen molar-refractivity contribution < 1.29 is 9.59 Å². The van der Waals surface area contributed by atoms with E-state index < -0.39 is 0 Å². The molecular weight excluding hydrogens is 356 g/mol. The van der Waals surface area contributed by atoms with Gasteiger partial charge in [-0.15, -0.1) is 11.3 Å². The van der Waals surface area contributed by atoms with Gasteiger partial charge in [0, 0.05) is 11.4 Å². The van der Waals surface area contributed by atoms with Crippen LogP contribution in [0.4, 0.5) is 11.4 Å². The number of carbonyl (C=O) groups excluding carboxylic acids is 2. The molecule has 0 fully saturated rings. The fourth-order valence-electron chi connectivity index (χ4n) is 3.36. The predicted octanol–water partition coefficient (Wildman–Crippen LogP) is 4.67. The van der Waals surface area contributed by atoms with Gasteiger partial charge in [0.2, 0.25) is 5.91 Å². The number of nitrogens with one attached hydrogen (secondary N) is 2. The molecular formula is C22H20N2O2S. The van der Waals surface area contributed by atoms with Crippen LogP contribution in [0.3, 0.4) is 0 Å². The first kappa shape index (κ1) is 17.5. The van der Waals surface area contributed by atoms with Crippen molar-refractivity contribution in [3.63, 3.8) is 0 Å². The first-order chi connectivity index (χ1) is 13.2. The third-order valence-electron chi connectivity index (χ3n) is 4.70. The number of aryl methyl sites for hydroxylation is 2. The highest BCUT2D eigenvalue weighted by Crippen LogP contribution is 2.23. The second-order valence-corrected chi connectivity index (χ2v) is 7.64. The molecule has 2 aromatic carbocycles. The van der Waals surface area contributed by atoms with Crippen molar-refractivity contribution in [1.82, 2.24) is 0 Å². The summed E-state index contributed by atoms with van der Waals surface area (Å²) in [6, 6.07) is 17.2. The number of benzene rings is 2. The molecule has 4 rings (SSSR count). The van der Waals surface area contributed by atoms with E-state index in [0.717, 1.165) is 24.1 Å². The van der Waals surface area contributed by atoms with Crippen LogP contribution < -0.4 is 10.6 Å². The van der Waals surface area contributed by atoms with E-state index in [9.17, 15) is 9.59 Å². The average Bonchev–Trinajstić information content (AvgIpc) is 3.34. The lowest BCUT2D eigenvalue weighted by Crippen LogP contribution is -2.15. The summed E-state index contributed by atoms with van der Waals surface area (Å²) >= 11 is 1.40. The summed E-state index contributed by atoms with van der Waals surface area (Å²) < 4.78 is 0. The number of rotatable bonds is 5. The van der Waals surface area contributed by atoms with Gasteiger partial charge < -0.3 is 10.6 Å². The topological polar surface area (TPSA) is 58.2 Å². The summed E-state index contributed by atoms with van der Waals surface area (Å²) in [5.74, 6) is -0.165. The van der Waals surface area contributed by atoms with Crippen LogP contribution in [-0.4, -0.2) is 11.8 Å². The van der Waals surface area contributed by atoms with Crippen LogP contribution >= 0.6 is 11.3 Å². The minimum atomic E-state index is -0.126. The molecule has 1 aliphatic rings. The summed E-state index contributed by atoms with van der Waals surface area (Å²) in [5, 5.41) is 7.63. The molecule has 0 saturated heterocycles. The molecule has 0 aliphatic heterocycles. The van der Waals surface area contributed by atoms with Crippen LogP contribution in [0.2, 0.25) is 0 Å². The Labute approximate surface area is 162 Å². The third-order valence-corrected chi connectivity index (χ3v) is 5.57. The van der Waals surface area contributed by atoms with Gasteiger partial charge in [-0.25, -0.2) is 0 Å². The maximum atomic E-state index is 12.3. The van der Waals surface area contributed by atoms with Crippen molar-refractivity contribution in [2.75, 3.05) is 10.6 Å². The summed E-state index contributed by atoms with van der Waals surface area (Å²) in [4.78, 5) is 25.0. The van der Waals surface area contributed by atoms with Crippen molar-refractivity contribution in [1.29, 1.82) is 0 Å². The minimum absolute atomic E-state index is 0.0386. The lowest BCUT2D eigenvalue weighted by atomic mass is 10.0. The molecule has 0 radical (unpaired) electrons. The predicted molar refractivity (Wildman–Crippen MR) is 110 cm³/mol. The van der Waals surface area contributed by atoms with Crippen LogP contribution in [0.1, 0.15) is 32.8 Å². The molecule has 0 atom stereocenters. The highest BCUT2D eigenvalue weighted by molar-refractivity contribution is 7.12. The molecule has 4 nitrogen and oxygen atoms in total. The molecule has 5 heteroatoms. The number of amides is 2. The van der Waals surface area contributed by atoms with Gasteiger partial charge in [-0.05, 0) is 71.7 Å². The Morgan fingerprint density at radius 3 is 2.37 bits per heavy atom. The quantitative estimate of drug-likeness (QED) is 0.680. The van der Waals surface area contributed by atoms with E-state index in [2.05, 4.69) is 22.8 Å². The second-order valence-electron chi connectivity index (χ2n) is 6.69. The molecule has 1 aliphatic carbocycles. The Morgan fingerprint density at radius 2 is 1.63 bits per heavy atom. The van der Waals surface area contributed by atoms with Crippen LogP contribution in [0.5, 0.6) is 0 Å². The Hall–Kier alpha value is -2.92. The second kappa shape index (κ2) is 7.76. The number of carbonyl (C=O) groups is 2. The van der Waals surface area contributed by atoms with E-state index in [0.29, 0.717) is 17.0 Å². The van der Waals surface area contributed by atoms with E-state index in [-0.39, 0.29) is 11.8 Å². The molecule has 2 amide bonds. The molecule has 3 aromatic rings.